The summed E-state index contributed by atoms with van der Waals surface area (Å²) in [6.07, 6.45) is 0.546. The fourth-order valence-electron chi connectivity index (χ4n) is 2.57. The van der Waals surface area contributed by atoms with Gasteiger partial charge in [0, 0.05) is 18.9 Å². The Labute approximate surface area is 130 Å². The predicted octanol–water partition coefficient (Wildman–Crippen LogP) is 3.01. The number of rotatable bonds is 5. The Morgan fingerprint density at radius 2 is 1.55 bits per heavy atom. The van der Waals surface area contributed by atoms with E-state index in [0.717, 1.165) is 11.1 Å². The maximum atomic E-state index is 11.0. The van der Waals surface area contributed by atoms with Crippen LogP contribution in [0.4, 0.5) is 0 Å². The van der Waals surface area contributed by atoms with Crippen LogP contribution in [0.2, 0.25) is 0 Å². The molecule has 0 aliphatic heterocycles. The van der Waals surface area contributed by atoms with Crippen molar-refractivity contribution in [2.45, 2.75) is 25.7 Å². The van der Waals surface area contributed by atoms with E-state index in [0.29, 0.717) is 12.2 Å². The Morgan fingerprint density at radius 1 is 1.05 bits per heavy atom. The third-order valence-electron chi connectivity index (χ3n) is 3.87. The Bertz CT molecular complexity index is 631. The number of ether oxygens (including phenoxy) is 1. The second-order valence-corrected chi connectivity index (χ2v) is 5.47. The zero-order valence-electron chi connectivity index (χ0n) is 12.7. The van der Waals surface area contributed by atoms with Gasteiger partial charge in [0.05, 0.1) is 0 Å². The van der Waals surface area contributed by atoms with Crippen LogP contribution in [0.1, 0.15) is 31.4 Å². The van der Waals surface area contributed by atoms with Crippen LogP contribution >= 0.6 is 0 Å². The van der Waals surface area contributed by atoms with Crippen molar-refractivity contribution in [2.24, 2.45) is 0 Å². The molecule has 0 saturated carbocycles. The van der Waals surface area contributed by atoms with E-state index in [4.69, 9.17) is 4.74 Å². The highest BCUT2D eigenvalue weighted by Crippen LogP contribution is 2.36. The van der Waals surface area contributed by atoms with Crippen LogP contribution in [0.25, 0.3) is 0 Å². The minimum Gasteiger partial charge on any atom is -0.508 e. The second kappa shape index (κ2) is 6.62. The van der Waals surface area contributed by atoms with Crippen molar-refractivity contribution < 1.29 is 19.7 Å². The molecule has 4 nitrogen and oxygen atoms in total. The van der Waals surface area contributed by atoms with Gasteiger partial charge in [0.15, 0.2) is 0 Å². The van der Waals surface area contributed by atoms with Crippen molar-refractivity contribution in [3.63, 3.8) is 0 Å². The van der Waals surface area contributed by atoms with Gasteiger partial charge >= 0.3 is 5.97 Å². The molecule has 1 atom stereocenters. The summed E-state index contributed by atoms with van der Waals surface area (Å²) in [6, 6.07) is 14.2. The van der Waals surface area contributed by atoms with E-state index >= 15 is 0 Å². The van der Waals surface area contributed by atoms with E-state index in [1.165, 1.54) is 6.92 Å². The van der Waals surface area contributed by atoms with Crippen LogP contribution < -0.4 is 4.74 Å². The molecule has 0 aliphatic carbocycles. The van der Waals surface area contributed by atoms with Crippen molar-refractivity contribution in [1.82, 2.24) is 0 Å². The highest BCUT2D eigenvalue weighted by Gasteiger charge is 2.28. The molecule has 22 heavy (non-hydrogen) atoms. The molecular formula is C18H20O4. The molecule has 2 aromatic rings. The van der Waals surface area contributed by atoms with Crippen LogP contribution in [-0.2, 0) is 10.2 Å². The molecule has 0 fully saturated rings. The maximum absolute atomic E-state index is 11.0. The minimum absolute atomic E-state index is 0.0447. The lowest BCUT2D eigenvalue weighted by Gasteiger charge is -2.30. The molecule has 2 aromatic carbocycles. The topological polar surface area (TPSA) is 66.8 Å². The first-order valence-corrected chi connectivity index (χ1v) is 7.15. The summed E-state index contributed by atoms with van der Waals surface area (Å²) in [7, 11) is 0. The number of esters is 1. The molecular weight excluding hydrogens is 280 g/mol. The Hall–Kier alpha value is -2.33. The lowest BCUT2D eigenvalue weighted by molar-refractivity contribution is -0.131. The number of hydrogen-bond donors (Lipinski definition) is 2. The van der Waals surface area contributed by atoms with Gasteiger partial charge in [-0.05, 0) is 41.8 Å². The number of hydrogen-bond acceptors (Lipinski definition) is 4. The molecule has 116 valence electrons. The fourth-order valence-corrected chi connectivity index (χ4v) is 2.57. The normalized spacial score (nSPS) is 13.4. The Morgan fingerprint density at radius 3 is 2.00 bits per heavy atom. The average Bonchev–Trinajstić information content (AvgIpc) is 2.48. The second-order valence-electron chi connectivity index (χ2n) is 5.47. The number of phenolic OH excluding ortho intramolecular Hbond substituents is 1. The predicted molar refractivity (Wildman–Crippen MR) is 84.0 cm³/mol. The van der Waals surface area contributed by atoms with Gasteiger partial charge in [0.2, 0.25) is 0 Å². The largest absolute Gasteiger partial charge is 0.508 e. The quantitative estimate of drug-likeness (QED) is 0.658. The Balaban J connectivity index is 2.38. The summed E-state index contributed by atoms with van der Waals surface area (Å²) in [6.45, 7) is 3.44. The minimum atomic E-state index is -0.392. The van der Waals surface area contributed by atoms with Crippen LogP contribution in [0.3, 0.4) is 0 Å². The number of aromatic hydroxyl groups is 1. The van der Waals surface area contributed by atoms with Crippen molar-refractivity contribution in [3.05, 3.63) is 59.7 Å². The molecule has 0 saturated heterocycles. The molecule has 0 radical (unpaired) electrons. The van der Waals surface area contributed by atoms with Gasteiger partial charge in [0.25, 0.3) is 0 Å². The van der Waals surface area contributed by atoms with Gasteiger partial charge in [-0.1, -0.05) is 31.2 Å². The van der Waals surface area contributed by atoms with E-state index < -0.39 is 5.41 Å². The number of carbonyl (C=O) groups is 1. The van der Waals surface area contributed by atoms with E-state index in [1.54, 1.807) is 24.3 Å². The molecule has 0 heterocycles. The third-order valence-corrected chi connectivity index (χ3v) is 3.87. The smallest absolute Gasteiger partial charge is 0.308 e. The number of phenols is 1. The number of aliphatic hydroxyl groups excluding tert-OH is 1. The third kappa shape index (κ3) is 3.46. The lowest BCUT2D eigenvalue weighted by atomic mass is 9.74. The van der Waals surface area contributed by atoms with Crippen molar-refractivity contribution in [3.8, 4) is 11.5 Å². The number of carbonyl (C=O) groups excluding carboxylic acids is 1. The summed E-state index contributed by atoms with van der Waals surface area (Å²) in [4.78, 5) is 11.0. The standard InChI is InChI=1S/C18H20O4/c1-13(20)22-17-9-5-15(6-10-17)18(2,11-12-19)14-3-7-16(21)8-4-14/h3-10,19,21H,11-12H2,1-2H3. The van der Waals surface area contributed by atoms with Crippen molar-refractivity contribution in [1.29, 1.82) is 0 Å². The highest BCUT2D eigenvalue weighted by atomic mass is 16.5. The molecule has 2 rings (SSSR count). The molecule has 0 spiro atoms. The van der Waals surface area contributed by atoms with Gasteiger partial charge in [0.1, 0.15) is 11.5 Å². The van der Waals surface area contributed by atoms with E-state index in [-0.39, 0.29) is 18.3 Å². The summed E-state index contributed by atoms with van der Waals surface area (Å²) in [5.74, 6) is 0.345. The van der Waals surface area contributed by atoms with Crippen LogP contribution in [-0.4, -0.2) is 22.8 Å². The summed E-state index contributed by atoms with van der Waals surface area (Å²) < 4.78 is 5.04. The summed E-state index contributed by atoms with van der Waals surface area (Å²) in [5.41, 5.74) is 1.61. The molecule has 0 aliphatic rings. The van der Waals surface area contributed by atoms with Crippen molar-refractivity contribution in [2.75, 3.05) is 6.61 Å². The first-order chi connectivity index (χ1) is 10.5. The van der Waals surface area contributed by atoms with Gasteiger partial charge in [-0.25, -0.2) is 0 Å². The molecule has 4 heteroatoms. The van der Waals surface area contributed by atoms with E-state index in [9.17, 15) is 15.0 Å². The molecule has 0 bridgehead atoms. The summed E-state index contributed by atoms with van der Waals surface area (Å²) in [5, 5.41) is 18.9. The molecule has 0 amide bonds. The molecule has 1 unspecified atom stereocenters. The van der Waals surface area contributed by atoms with Gasteiger partial charge in [-0.15, -0.1) is 0 Å². The maximum Gasteiger partial charge on any atom is 0.308 e. The fraction of sp³-hybridized carbons (Fsp3) is 0.278. The first-order valence-electron chi connectivity index (χ1n) is 7.15. The zero-order chi connectivity index (χ0) is 16.2. The van der Waals surface area contributed by atoms with Crippen LogP contribution in [0.15, 0.2) is 48.5 Å². The summed E-state index contributed by atoms with van der Waals surface area (Å²) >= 11 is 0. The Kier molecular flexibility index (Phi) is 4.83. The monoisotopic (exact) mass is 300 g/mol. The van der Waals surface area contributed by atoms with Crippen LogP contribution in [0, 0.1) is 0 Å². The van der Waals surface area contributed by atoms with E-state index in [1.807, 2.05) is 31.2 Å². The van der Waals surface area contributed by atoms with Crippen LogP contribution in [0.5, 0.6) is 11.5 Å². The van der Waals surface area contributed by atoms with Crippen molar-refractivity contribution >= 4 is 5.97 Å². The van der Waals surface area contributed by atoms with E-state index in [2.05, 4.69) is 0 Å². The first kappa shape index (κ1) is 16.0. The molecule has 0 aromatic heterocycles. The SMILES string of the molecule is CC(=O)Oc1ccc(C(C)(CCO)c2ccc(O)cc2)cc1. The van der Waals surface area contributed by atoms with Gasteiger partial charge < -0.3 is 14.9 Å². The number of aliphatic hydroxyl groups is 1. The van der Waals surface area contributed by atoms with Gasteiger partial charge in [-0.2, -0.15) is 0 Å². The lowest BCUT2D eigenvalue weighted by Crippen LogP contribution is -2.25. The number of benzene rings is 2. The average molecular weight is 300 g/mol. The molecule has 2 N–H and O–H groups in total. The zero-order valence-corrected chi connectivity index (χ0v) is 12.7. The highest BCUT2D eigenvalue weighted by molar-refractivity contribution is 5.69. The van der Waals surface area contributed by atoms with Gasteiger partial charge in [-0.3, -0.25) is 4.79 Å².